The van der Waals surface area contributed by atoms with E-state index < -0.39 is 10.0 Å². The van der Waals surface area contributed by atoms with Gasteiger partial charge in [0.2, 0.25) is 10.0 Å². The Balaban J connectivity index is 2.95. The summed E-state index contributed by atoms with van der Waals surface area (Å²) in [5, 5.41) is 2.58. The smallest absolute Gasteiger partial charge is 0.253 e. The molecular formula is C10H15N3O3S. The van der Waals surface area contributed by atoms with Crippen molar-refractivity contribution in [2.75, 3.05) is 24.1 Å². The van der Waals surface area contributed by atoms with Gasteiger partial charge in [0.15, 0.2) is 0 Å². The van der Waals surface area contributed by atoms with Gasteiger partial charge in [-0.25, -0.2) is 8.42 Å². The number of anilines is 1. The maximum Gasteiger partial charge on any atom is 0.253 e. The third-order valence-electron chi connectivity index (χ3n) is 1.90. The zero-order valence-electron chi connectivity index (χ0n) is 9.43. The number of sulfonamides is 1. The van der Waals surface area contributed by atoms with E-state index in [-0.39, 0.29) is 17.2 Å². The molecule has 0 saturated carbocycles. The standard InChI is InChI=1S/C10H15N3O3S/c1-17(15,16)13-9-5-3-2-4-8(9)10(14)12-7-6-11/h2-5,13H,6-7,11H2,1H3,(H,12,14). The lowest BCUT2D eigenvalue weighted by Crippen LogP contribution is -2.29. The predicted molar refractivity (Wildman–Crippen MR) is 66.3 cm³/mol. The van der Waals surface area contributed by atoms with Crippen molar-refractivity contribution in [2.45, 2.75) is 0 Å². The van der Waals surface area contributed by atoms with E-state index in [0.29, 0.717) is 13.1 Å². The van der Waals surface area contributed by atoms with Crippen molar-refractivity contribution in [3.8, 4) is 0 Å². The second-order valence-corrected chi connectivity index (χ2v) is 5.21. The maximum absolute atomic E-state index is 11.7. The summed E-state index contributed by atoms with van der Waals surface area (Å²) in [6, 6.07) is 6.37. The minimum absolute atomic E-state index is 0.254. The number of hydrogen-bond acceptors (Lipinski definition) is 4. The highest BCUT2D eigenvalue weighted by atomic mass is 32.2. The van der Waals surface area contributed by atoms with Gasteiger partial charge in [-0.05, 0) is 12.1 Å². The lowest BCUT2D eigenvalue weighted by Gasteiger charge is -2.10. The van der Waals surface area contributed by atoms with Crippen LogP contribution >= 0.6 is 0 Å². The normalized spacial score (nSPS) is 10.9. The Hall–Kier alpha value is -1.60. The summed E-state index contributed by atoms with van der Waals surface area (Å²) >= 11 is 0. The average Bonchev–Trinajstić information content (AvgIpc) is 2.24. The van der Waals surface area contributed by atoms with Crippen molar-refractivity contribution in [2.24, 2.45) is 5.73 Å². The van der Waals surface area contributed by atoms with E-state index in [2.05, 4.69) is 10.0 Å². The van der Waals surface area contributed by atoms with E-state index in [1.807, 2.05) is 0 Å². The molecule has 0 radical (unpaired) electrons. The third kappa shape index (κ3) is 4.41. The van der Waals surface area contributed by atoms with E-state index in [1.165, 1.54) is 6.07 Å². The zero-order chi connectivity index (χ0) is 12.9. The van der Waals surface area contributed by atoms with Crippen LogP contribution < -0.4 is 15.8 Å². The molecule has 0 spiro atoms. The number of carbonyl (C=O) groups is 1. The van der Waals surface area contributed by atoms with Gasteiger partial charge in [-0.1, -0.05) is 12.1 Å². The fourth-order valence-corrected chi connectivity index (χ4v) is 1.83. The summed E-state index contributed by atoms with van der Waals surface area (Å²) in [6.07, 6.45) is 1.03. The molecule has 0 aromatic heterocycles. The summed E-state index contributed by atoms with van der Waals surface area (Å²) < 4.78 is 24.5. The summed E-state index contributed by atoms with van der Waals surface area (Å²) in [7, 11) is -3.41. The van der Waals surface area contributed by atoms with Crippen LogP contribution in [0.1, 0.15) is 10.4 Å². The van der Waals surface area contributed by atoms with Crippen LogP contribution in [-0.4, -0.2) is 33.7 Å². The van der Waals surface area contributed by atoms with Crippen molar-refractivity contribution in [1.82, 2.24) is 5.32 Å². The highest BCUT2D eigenvalue weighted by Crippen LogP contribution is 2.15. The first-order valence-corrected chi connectivity index (χ1v) is 6.88. The number of benzene rings is 1. The summed E-state index contributed by atoms with van der Waals surface area (Å²) in [5.41, 5.74) is 5.79. The molecule has 0 fully saturated rings. The Labute approximate surface area is 100 Å². The predicted octanol–water partition coefficient (Wildman–Crippen LogP) is -0.253. The fourth-order valence-electron chi connectivity index (χ4n) is 1.25. The molecule has 17 heavy (non-hydrogen) atoms. The van der Waals surface area contributed by atoms with Gasteiger partial charge in [-0.15, -0.1) is 0 Å². The lowest BCUT2D eigenvalue weighted by atomic mass is 10.1. The molecule has 1 aromatic rings. The van der Waals surface area contributed by atoms with Crippen LogP contribution in [0.25, 0.3) is 0 Å². The number of nitrogens with two attached hydrogens (primary N) is 1. The third-order valence-corrected chi connectivity index (χ3v) is 2.49. The fraction of sp³-hybridized carbons (Fsp3) is 0.300. The number of amides is 1. The number of hydrogen-bond donors (Lipinski definition) is 3. The number of rotatable bonds is 5. The molecule has 94 valence electrons. The van der Waals surface area contributed by atoms with E-state index in [1.54, 1.807) is 18.2 Å². The number of nitrogens with one attached hydrogen (secondary N) is 2. The first kappa shape index (κ1) is 13.5. The van der Waals surface area contributed by atoms with Gasteiger partial charge in [0.25, 0.3) is 5.91 Å². The number of para-hydroxylation sites is 1. The molecule has 0 unspecified atom stereocenters. The molecule has 0 aliphatic carbocycles. The molecule has 0 heterocycles. The van der Waals surface area contributed by atoms with Gasteiger partial charge in [0, 0.05) is 13.1 Å². The Morgan fingerprint density at radius 1 is 1.35 bits per heavy atom. The van der Waals surface area contributed by atoms with Crippen LogP contribution in [0, 0.1) is 0 Å². The molecule has 0 bridgehead atoms. The second-order valence-electron chi connectivity index (χ2n) is 3.46. The Bertz CT molecular complexity index is 499. The molecule has 4 N–H and O–H groups in total. The van der Waals surface area contributed by atoms with Crippen LogP contribution in [-0.2, 0) is 10.0 Å². The molecule has 0 saturated heterocycles. The highest BCUT2D eigenvalue weighted by molar-refractivity contribution is 7.92. The first-order chi connectivity index (χ1) is 7.94. The molecule has 0 aliphatic heterocycles. The Morgan fingerprint density at radius 2 is 2.00 bits per heavy atom. The second kappa shape index (κ2) is 5.65. The molecule has 1 aromatic carbocycles. The van der Waals surface area contributed by atoms with Gasteiger partial charge in [0.1, 0.15) is 0 Å². The van der Waals surface area contributed by atoms with Crippen LogP contribution in [0.3, 0.4) is 0 Å². The zero-order valence-corrected chi connectivity index (χ0v) is 10.3. The molecule has 1 rings (SSSR count). The quantitative estimate of drug-likeness (QED) is 0.676. The van der Waals surface area contributed by atoms with Crippen molar-refractivity contribution < 1.29 is 13.2 Å². The van der Waals surface area contributed by atoms with Gasteiger partial charge >= 0.3 is 0 Å². The van der Waals surface area contributed by atoms with Gasteiger partial charge in [-0.3, -0.25) is 9.52 Å². The summed E-state index contributed by atoms with van der Waals surface area (Å²) in [5.74, 6) is -0.359. The summed E-state index contributed by atoms with van der Waals surface area (Å²) in [6.45, 7) is 0.666. The molecule has 7 heteroatoms. The van der Waals surface area contributed by atoms with Crippen molar-refractivity contribution >= 4 is 21.6 Å². The molecule has 0 aliphatic rings. The van der Waals surface area contributed by atoms with Crippen molar-refractivity contribution in [3.63, 3.8) is 0 Å². The van der Waals surface area contributed by atoms with E-state index in [9.17, 15) is 13.2 Å². The minimum Gasteiger partial charge on any atom is -0.351 e. The Kier molecular flexibility index (Phi) is 4.47. The topological polar surface area (TPSA) is 101 Å². The minimum atomic E-state index is -3.41. The van der Waals surface area contributed by atoms with Crippen LogP contribution in [0.15, 0.2) is 24.3 Å². The highest BCUT2D eigenvalue weighted by Gasteiger charge is 2.12. The lowest BCUT2D eigenvalue weighted by molar-refractivity contribution is 0.0955. The van der Waals surface area contributed by atoms with E-state index >= 15 is 0 Å². The number of carbonyl (C=O) groups excluding carboxylic acids is 1. The Morgan fingerprint density at radius 3 is 2.59 bits per heavy atom. The van der Waals surface area contributed by atoms with Crippen LogP contribution in [0.2, 0.25) is 0 Å². The van der Waals surface area contributed by atoms with Gasteiger partial charge in [0.05, 0.1) is 17.5 Å². The SMILES string of the molecule is CS(=O)(=O)Nc1ccccc1C(=O)NCCN. The monoisotopic (exact) mass is 257 g/mol. The van der Waals surface area contributed by atoms with E-state index in [0.717, 1.165) is 6.26 Å². The van der Waals surface area contributed by atoms with Gasteiger partial charge in [-0.2, -0.15) is 0 Å². The summed E-state index contributed by atoms with van der Waals surface area (Å²) in [4.78, 5) is 11.7. The average molecular weight is 257 g/mol. The molecular weight excluding hydrogens is 242 g/mol. The molecule has 1 amide bonds. The van der Waals surface area contributed by atoms with Crippen LogP contribution in [0.4, 0.5) is 5.69 Å². The van der Waals surface area contributed by atoms with Gasteiger partial charge < -0.3 is 11.1 Å². The molecule has 6 nitrogen and oxygen atoms in total. The largest absolute Gasteiger partial charge is 0.351 e. The van der Waals surface area contributed by atoms with E-state index in [4.69, 9.17) is 5.73 Å². The molecule has 0 atom stereocenters. The maximum atomic E-state index is 11.7. The van der Waals surface area contributed by atoms with Crippen molar-refractivity contribution in [3.05, 3.63) is 29.8 Å². The van der Waals surface area contributed by atoms with Crippen LogP contribution in [0.5, 0.6) is 0 Å². The van der Waals surface area contributed by atoms with Crippen molar-refractivity contribution in [1.29, 1.82) is 0 Å². The first-order valence-electron chi connectivity index (χ1n) is 4.99.